The van der Waals surface area contributed by atoms with Gasteiger partial charge in [-0.1, -0.05) is 27.4 Å². The van der Waals surface area contributed by atoms with Gasteiger partial charge in [0.1, 0.15) is 0 Å². The lowest BCUT2D eigenvalue weighted by atomic mass is 9.85. The Balaban J connectivity index is 1.82. The summed E-state index contributed by atoms with van der Waals surface area (Å²) in [6.45, 7) is 14.5. The summed E-state index contributed by atoms with van der Waals surface area (Å²) in [4.78, 5) is 2.55. The molecule has 0 amide bonds. The van der Waals surface area contributed by atoms with Crippen LogP contribution in [0.15, 0.2) is 12.3 Å². The van der Waals surface area contributed by atoms with Gasteiger partial charge in [0.25, 0.3) is 0 Å². The Labute approximate surface area is 87.4 Å². The third kappa shape index (κ3) is 1.95. The second-order valence-electron chi connectivity index (χ2n) is 6.21. The molecule has 1 N–H and O–H groups in total. The topological polar surface area (TPSA) is 15.3 Å². The molecular weight excluding hydrogens is 172 g/mol. The summed E-state index contributed by atoms with van der Waals surface area (Å²) in [5.74, 6) is 0. The van der Waals surface area contributed by atoms with E-state index in [2.05, 4.69) is 37.6 Å². The summed E-state index contributed by atoms with van der Waals surface area (Å²) in [7, 11) is 0. The largest absolute Gasteiger partial charge is 0.381 e. The first-order chi connectivity index (χ1) is 6.39. The first-order valence-corrected chi connectivity index (χ1v) is 5.57. The molecule has 0 aromatic carbocycles. The van der Waals surface area contributed by atoms with Crippen LogP contribution in [0.1, 0.15) is 33.6 Å². The van der Waals surface area contributed by atoms with E-state index in [4.69, 9.17) is 0 Å². The summed E-state index contributed by atoms with van der Waals surface area (Å²) >= 11 is 0. The normalized spacial score (nSPS) is 26.4. The lowest BCUT2D eigenvalue weighted by Crippen LogP contribution is -2.67. The van der Waals surface area contributed by atoms with Gasteiger partial charge in [-0.3, -0.25) is 4.90 Å². The number of hydrogen-bond donors (Lipinski definition) is 1. The first-order valence-electron chi connectivity index (χ1n) is 5.57. The molecule has 2 heteroatoms. The molecule has 0 unspecified atom stereocenters. The predicted octanol–water partition coefficient (Wildman–Crippen LogP) is 1.98. The van der Waals surface area contributed by atoms with E-state index in [0.717, 1.165) is 0 Å². The maximum absolute atomic E-state index is 4.00. The molecule has 0 aromatic rings. The fourth-order valence-electron chi connectivity index (χ4n) is 2.72. The SMILES string of the molecule is C=C1CCC2(CN(CC(C)(C)C)C2)N1. The van der Waals surface area contributed by atoms with Crippen molar-refractivity contribution in [3.63, 3.8) is 0 Å². The Bertz CT molecular complexity index is 244. The van der Waals surface area contributed by atoms with Crippen LogP contribution in [0.25, 0.3) is 0 Å². The van der Waals surface area contributed by atoms with Crippen LogP contribution in [-0.2, 0) is 0 Å². The lowest BCUT2D eigenvalue weighted by molar-refractivity contribution is 0.0303. The van der Waals surface area contributed by atoms with E-state index in [1.807, 2.05) is 0 Å². The smallest absolute Gasteiger partial charge is 0.0627 e. The van der Waals surface area contributed by atoms with Crippen molar-refractivity contribution >= 4 is 0 Å². The van der Waals surface area contributed by atoms with E-state index in [1.54, 1.807) is 0 Å². The van der Waals surface area contributed by atoms with Crippen LogP contribution in [0.2, 0.25) is 0 Å². The molecule has 0 radical (unpaired) electrons. The van der Waals surface area contributed by atoms with Gasteiger partial charge < -0.3 is 5.32 Å². The van der Waals surface area contributed by atoms with Crippen molar-refractivity contribution in [1.82, 2.24) is 10.2 Å². The van der Waals surface area contributed by atoms with E-state index in [0.29, 0.717) is 11.0 Å². The van der Waals surface area contributed by atoms with Crippen LogP contribution in [0.5, 0.6) is 0 Å². The molecule has 2 fully saturated rings. The van der Waals surface area contributed by atoms with E-state index in [-0.39, 0.29) is 0 Å². The third-order valence-corrected chi connectivity index (χ3v) is 3.10. The molecule has 14 heavy (non-hydrogen) atoms. The fourth-order valence-corrected chi connectivity index (χ4v) is 2.72. The molecule has 2 nitrogen and oxygen atoms in total. The van der Waals surface area contributed by atoms with Gasteiger partial charge in [0.2, 0.25) is 0 Å². The Morgan fingerprint density at radius 2 is 2.07 bits per heavy atom. The van der Waals surface area contributed by atoms with Crippen LogP contribution in [-0.4, -0.2) is 30.1 Å². The summed E-state index contributed by atoms with van der Waals surface area (Å²) < 4.78 is 0. The molecule has 2 heterocycles. The van der Waals surface area contributed by atoms with Crippen LogP contribution >= 0.6 is 0 Å². The van der Waals surface area contributed by atoms with Gasteiger partial charge in [-0.25, -0.2) is 0 Å². The van der Waals surface area contributed by atoms with Gasteiger partial charge >= 0.3 is 0 Å². The van der Waals surface area contributed by atoms with Gasteiger partial charge in [-0.2, -0.15) is 0 Å². The monoisotopic (exact) mass is 194 g/mol. The zero-order chi connectivity index (χ0) is 10.4. The number of nitrogens with zero attached hydrogens (tertiary/aromatic N) is 1. The maximum atomic E-state index is 4.00. The van der Waals surface area contributed by atoms with E-state index >= 15 is 0 Å². The Morgan fingerprint density at radius 1 is 1.43 bits per heavy atom. The van der Waals surface area contributed by atoms with Gasteiger partial charge in [-0.15, -0.1) is 0 Å². The number of rotatable bonds is 1. The third-order valence-electron chi connectivity index (χ3n) is 3.10. The zero-order valence-electron chi connectivity index (χ0n) is 9.69. The predicted molar refractivity (Wildman–Crippen MR) is 60.1 cm³/mol. The Hall–Kier alpha value is -0.500. The highest BCUT2D eigenvalue weighted by Gasteiger charge is 2.46. The van der Waals surface area contributed by atoms with Crippen molar-refractivity contribution in [2.75, 3.05) is 19.6 Å². The van der Waals surface area contributed by atoms with Gasteiger partial charge in [-0.05, 0) is 18.3 Å². The summed E-state index contributed by atoms with van der Waals surface area (Å²) in [5, 5.41) is 3.55. The number of nitrogens with one attached hydrogen (secondary N) is 1. The average molecular weight is 194 g/mol. The quantitative estimate of drug-likeness (QED) is 0.686. The van der Waals surface area contributed by atoms with Crippen molar-refractivity contribution in [2.45, 2.75) is 39.2 Å². The molecule has 2 aliphatic rings. The van der Waals surface area contributed by atoms with Gasteiger partial charge in [0, 0.05) is 25.3 Å². The number of hydrogen-bond acceptors (Lipinski definition) is 2. The number of likely N-dealkylation sites (tertiary alicyclic amines) is 1. The highest BCUT2D eigenvalue weighted by atomic mass is 15.3. The Morgan fingerprint density at radius 3 is 2.50 bits per heavy atom. The molecule has 0 aliphatic carbocycles. The van der Waals surface area contributed by atoms with Crippen molar-refractivity contribution in [2.24, 2.45) is 5.41 Å². The Kier molecular flexibility index (Phi) is 2.15. The molecule has 1 spiro atoms. The number of allylic oxidation sites excluding steroid dienone is 1. The highest BCUT2D eigenvalue weighted by Crippen LogP contribution is 2.34. The second kappa shape index (κ2) is 2.99. The van der Waals surface area contributed by atoms with Crippen molar-refractivity contribution in [3.05, 3.63) is 12.3 Å². The first kappa shape index (κ1) is 10.0. The molecule has 2 rings (SSSR count). The summed E-state index contributed by atoms with van der Waals surface area (Å²) in [5.41, 5.74) is 2.07. The standard InChI is InChI=1S/C12H22N2/c1-10-5-6-12(13-10)8-14(9-12)7-11(2,3)4/h13H,1,5-9H2,2-4H3. The van der Waals surface area contributed by atoms with Crippen LogP contribution in [0.4, 0.5) is 0 Å². The van der Waals surface area contributed by atoms with Gasteiger partial charge in [0.05, 0.1) is 5.54 Å². The van der Waals surface area contributed by atoms with E-state index < -0.39 is 0 Å². The molecule has 2 aliphatic heterocycles. The van der Waals surface area contributed by atoms with Gasteiger partial charge in [0.15, 0.2) is 0 Å². The lowest BCUT2D eigenvalue weighted by Gasteiger charge is -2.50. The zero-order valence-corrected chi connectivity index (χ0v) is 9.69. The minimum Gasteiger partial charge on any atom is -0.381 e. The van der Waals surface area contributed by atoms with Crippen molar-refractivity contribution < 1.29 is 0 Å². The van der Waals surface area contributed by atoms with E-state index in [1.165, 1.54) is 38.2 Å². The van der Waals surface area contributed by atoms with Crippen LogP contribution in [0, 0.1) is 5.41 Å². The average Bonchev–Trinajstić information content (AvgIpc) is 2.27. The van der Waals surface area contributed by atoms with Crippen LogP contribution < -0.4 is 5.32 Å². The minimum absolute atomic E-state index is 0.405. The fraction of sp³-hybridized carbons (Fsp3) is 0.833. The summed E-state index contributed by atoms with van der Waals surface area (Å²) in [6.07, 6.45) is 2.45. The molecular formula is C12H22N2. The molecule has 2 saturated heterocycles. The molecule has 0 saturated carbocycles. The van der Waals surface area contributed by atoms with E-state index in [9.17, 15) is 0 Å². The molecule has 80 valence electrons. The van der Waals surface area contributed by atoms with Crippen molar-refractivity contribution in [3.8, 4) is 0 Å². The summed E-state index contributed by atoms with van der Waals surface area (Å²) in [6, 6.07) is 0. The van der Waals surface area contributed by atoms with Crippen LogP contribution in [0.3, 0.4) is 0 Å². The second-order valence-corrected chi connectivity index (χ2v) is 6.21. The minimum atomic E-state index is 0.405. The highest BCUT2D eigenvalue weighted by molar-refractivity contribution is 5.16. The van der Waals surface area contributed by atoms with Crippen molar-refractivity contribution in [1.29, 1.82) is 0 Å². The molecule has 0 bridgehead atoms. The molecule has 0 atom stereocenters. The maximum Gasteiger partial charge on any atom is 0.0627 e. The molecule has 0 aromatic heterocycles.